The number of ether oxygens (including phenoxy) is 1. The van der Waals surface area contributed by atoms with Crippen LogP contribution in [0.1, 0.15) is 11.1 Å². The third-order valence-electron chi connectivity index (χ3n) is 2.48. The third kappa shape index (κ3) is 3.01. The fourth-order valence-corrected chi connectivity index (χ4v) is 1.69. The smallest absolute Gasteiger partial charge is 0.165 e. The van der Waals surface area contributed by atoms with Gasteiger partial charge in [0, 0.05) is 16.7 Å². The van der Waals surface area contributed by atoms with Crippen molar-refractivity contribution in [3.63, 3.8) is 0 Å². The van der Waals surface area contributed by atoms with Gasteiger partial charge in [0.2, 0.25) is 0 Å². The van der Waals surface area contributed by atoms with E-state index >= 15 is 0 Å². The molecule has 19 heavy (non-hydrogen) atoms. The molecule has 2 aromatic carbocycles. The largest absolute Gasteiger partial charge is 0.487 e. The number of nitriles is 1. The molecule has 0 aliphatic carbocycles. The summed E-state index contributed by atoms with van der Waals surface area (Å²) >= 11 is 5.79. The summed E-state index contributed by atoms with van der Waals surface area (Å²) < 4.78 is 31.7. The maximum absolute atomic E-state index is 13.4. The molecule has 2 rings (SSSR count). The van der Waals surface area contributed by atoms with E-state index in [4.69, 9.17) is 21.6 Å². The Bertz CT molecular complexity index is 652. The molecule has 0 heterocycles. The Hall–Kier alpha value is -2.12. The van der Waals surface area contributed by atoms with Crippen LogP contribution < -0.4 is 4.74 Å². The number of nitrogens with zero attached hydrogens (tertiary/aromatic N) is 1. The van der Waals surface area contributed by atoms with E-state index in [1.54, 1.807) is 6.07 Å². The summed E-state index contributed by atoms with van der Waals surface area (Å²) in [6.07, 6.45) is 0. The molecule has 0 amide bonds. The van der Waals surface area contributed by atoms with E-state index in [0.717, 1.165) is 6.07 Å². The lowest BCUT2D eigenvalue weighted by molar-refractivity contribution is 0.296. The van der Waals surface area contributed by atoms with Crippen LogP contribution in [0.3, 0.4) is 0 Å². The third-order valence-corrected chi connectivity index (χ3v) is 2.71. The fourth-order valence-electron chi connectivity index (χ4n) is 1.52. The van der Waals surface area contributed by atoms with Crippen LogP contribution in [0.2, 0.25) is 5.02 Å². The van der Waals surface area contributed by atoms with Gasteiger partial charge in [0.25, 0.3) is 0 Å². The Balaban J connectivity index is 2.21. The van der Waals surface area contributed by atoms with E-state index < -0.39 is 11.6 Å². The van der Waals surface area contributed by atoms with Gasteiger partial charge < -0.3 is 4.74 Å². The van der Waals surface area contributed by atoms with E-state index in [1.165, 1.54) is 24.3 Å². The quantitative estimate of drug-likeness (QED) is 0.848. The van der Waals surface area contributed by atoms with Crippen molar-refractivity contribution in [2.45, 2.75) is 6.61 Å². The van der Waals surface area contributed by atoms with Crippen molar-refractivity contribution in [1.82, 2.24) is 0 Å². The summed E-state index contributed by atoms with van der Waals surface area (Å²) in [6.45, 7) is -0.182. The highest BCUT2D eigenvalue weighted by atomic mass is 35.5. The molecule has 0 N–H and O–H groups in total. The number of benzene rings is 2. The maximum Gasteiger partial charge on any atom is 0.165 e. The standard InChI is InChI=1S/C14H8ClF2NO/c15-11-5-4-9(7-18)13(6-11)19-8-10-2-1-3-12(16)14(10)17/h1-6H,8H2. The molecule has 0 saturated heterocycles. The van der Waals surface area contributed by atoms with Crippen LogP contribution >= 0.6 is 11.6 Å². The average Bonchev–Trinajstić information content (AvgIpc) is 2.40. The van der Waals surface area contributed by atoms with Crippen molar-refractivity contribution in [3.05, 3.63) is 64.2 Å². The molecule has 5 heteroatoms. The molecule has 0 radical (unpaired) electrons. The molecule has 2 aromatic rings. The van der Waals surface area contributed by atoms with Gasteiger partial charge in [-0.1, -0.05) is 23.7 Å². The van der Waals surface area contributed by atoms with Crippen molar-refractivity contribution >= 4 is 11.6 Å². The predicted octanol–water partition coefficient (Wildman–Crippen LogP) is 4.07. The van der Waals surface area contributed by atoms with Gasteiger partial charge in [-0.15, -0.1) is 0 Å². The second kappa shape index (κ2) is 5.68. The van der Waals surface area contributed by atoms with Crippen molar-refractivity contribution in [1.29, 1.82) is 5.26 Å². The summed E-state index contributed by atoms with van der Waals surface area (Å²) in [5.41, 5.74) is 0.352. The van der Waals surface area contributed by atoms with Crippen LogP contribution in [0, 0.1) is 23.0 Å². The molecule has 0 bridgehead atoms. The first-order chi connectivity index (χ1) is 9.11. The summed E-state index contributed by atoms with van der Waals surface area (Å²) in [5.74, 6) is -1.66. The van der Waals surface area contributed by atoms with Gasteiger partial charge in [0.15, 0.2) is 11.6 Å². The van der Waals surface area contributed by atoms with Crippen LogP contribution in [-0.2, 0) is 6.61 Å². The molecule has 0 aromatic heterocycles. The topological polar surface area (TPSA) is 33.0 Å². The van der Waals surface area contributed by atoms with Gasteiger partial charge in [0.05, 0.1) is 5.56 Å². The SMILES string of the molecule is N#Cc1ccc(Cl)cc1OCc1cccc(F)c1F. The Labute approximate surface area is 113 Å². The lowest BCUT2D eigenvalue weighted by atomic mass is 10.2. The van der Waals surface area contributed by atoms with Crippen molar-refractivity contribution in [2.75, 3.05) is 0 Å². The first-order valence-electron chi connectivity index (χ1n) is 5.37. The normalized spacial score (nSPS) is 10.0. The molecular formula is C14H8ClF2NO. The Kier molecular flexibility index (Phi) is 3.98. The van der Waals surface area contributed by atoms with Crippen LogP contribution in [0.4, 0.5) is 8.78 Å². The second-order valence-corrected chi connectivity index (χ2v) is 4.19. The summed E-state index contributed by atoms with van der Waals surface area (Å²) in [6, 6.07) is 10.3. The van der Waals surface area contributed by atoms with Crippen molar-refractivity contribution in [3.8, 4) is 11.8 Å². The van der Waals surface area contributed by atoms with E-state index in [2.05, 4.69) is 0 Å². The molecule has 96 valence electrons. The highest BCUT2D eigenvalue weighted by Crippen LogP contribution is 2.24. The molecule has 0 aliphatic heterocycles. The van der Waals surface area contributed by atoms with Crippen LogP contribution in [-0.4, -0.2) is 0 Å². The van der Waals surface area contributed by atoms with Crippen LogP contribution in [0.15, 0.2) is 36.4 Å². The van der Waals surface area contributed by atoms with Crippen LogP contribution in [0.5, 0.6) is 5.75 Å². The number of hydrogen-bond acceptors (Lipinski definition) is 2. The van der Waals surface area contributed by atoms with Gasteiger partial charge >= 0.3 is 0 Å². The monoisotopic (exact) mass is 279 g/mol. The molecule has 0 saturated carbocycles. The maximum atomic E-state index is 13.4. The van der Waals surface area contributed by atoms with Crippen molar-refractivity contribution < 1.29 is 13.5 Å². The molecule has 2 nitrogen and oxygen atoms in total. The van der Waals surface area contributed by atoms with E-state index in [-0.39, 0.29) is 23.5 Å². The Morgan fingerprint density at radius 1 is 1.21 bits per heavy atom. The van der Waals surface area contributed by atoms with Crippen LogP contribution in [0.25, 0.3) is 0 Å². The van der Waals surface area contributed by atoms with E-state index in [0.29, 0.717) is 5.02 Å². The molecule has 0 fully saturated rings. The number of halogens is 3. The van der Waals surface area contributed by atoms with Gasteiger partial charge in [-0.05, 0) is 18.2 Å². The zero-order valence-corrected chi connectivity index (χ0v) is 10.4. The zero-order chi connectivity index (χ0) is 13.8. The van der Waals surface area contributed by atoms with E-state index in [9.17, 15) is 8.78 Å². The summed E-state index contributed by atoms with van der Waals surface area (Å²) in [4.78, 5) is 0. The minimum absolute atomic E-state index is 0.0730. The predicted molar refractivity (Wildman–Crippen MR) is 66.9 cm³/mol. The summed E-state index contributed by atoms with van der Waals surface area (Å²) in [5, 5.41) is 9.30. The summed E-state index contributed by atoms with van der Waals surface area (Å²) in [7, 11) is 0. The van der Waals surface area contributed by atoms with Gasteiger partial charge in [-0.2, -0.15) is 5.26 Å². The Morgan fingerprint density at radius 2 is 2.00 bits per heavy atom. The molecular weight excluding hydrogens is 272 g/mol. The number of rotatable bonds is 3. The minimum atomic E-state index is -0.956. The van der Waals surface area contributed by atoms with Gasteiger partial charge in [-0.25, -0.2) is 8.78 Å². The minimum Gasteiger partial charge on any atom is -0.487 e. The number of hydrogen-bond donors (Lipinski definition) is 0. The zero-order valence-electron chi connectivity index (χ0n) is 9.66. The first kappa shape index (κ1) is 13.3. The van der Waals surface area contributed by atoms with Crippen molar-refractivity contribution in [2.24, 2.45) is 0 Å². The molecule has 0 spiro atoms. The van der Waals surface area contributed by atoms with Gasteiger partial charge in [-0.3, -0.25) is 0 Å². The molecule has 0 unspecified atom stereocenters. The second-order valence-electron chi connectivity index (χ2n) is 3.75. The van der Waals surface area contributed by atoms with Gasteiger partial charge in [0.1, 0.15) is 18.4 Å². The first-order valence-corrected chi connectivity index (χ1v) is 5.75. The highest BCUT2D eigenvalue weighted by Gasteiger charge is 2.10. The average molecular weight is 280 g/mol. The lowest BCUT2D eigenvalue weighted by Crippen LogP contribution is -2.01. The molecule has 0 atom stereocenters. The highest BCUT2D eigenvalue weighted by molar-refractivity contribution is 6.30. The van der Waals surface area contributed by atoms with E-state index in [1.807, 2.05) is 6.07 Å². The Morgan fingerprint density at radius 3 is 2.74 bits per heavy atom. The lowest BCUT2D eigenvalue weighted by Gasteiger charge is -2.09. The molecule has 0 aliphatic rings. The fraction of sp³-hybridized carbons (Fsp3) is 0.0714.